The van der Waals surface area contributed by atoms with Gasteiger partial charge >= 0.3 is 0 Å². The highest BCUT2D eigenvalue weighted by Gasteiger charge is 2.22. The molecular formula is C14H19N5. The smallest absolute Gasteiger partial charge is 0.175 e. The zero-order valence-electron chi connectivity index (χ0n) is 11.4. The number of hydrogen-bond acceptors (Lipinski definition) is 4. The molecule has 0 aliphatic heterocycles. The molecule has 100 valence electrons. The Balaban J connectivity index is 2.04. The highest BCUT2D eigenvalue weighted by molar-refractivity contribution is 5.31. The predicted octanol–water partition coefficient (Wildman–Crippen LogP) is 1.96. The van der Waals surface area contributed by atoms with Gasteiger partial charge in [0.1, 0.15) is 0 Å². The largest absolute Gasteiger partial charge is 0.313 e. The fraction of sp³-hybridized carbons (Fsp3) is 0.500. The first kappa shape index (κ1) is 12.3. The Kier molecular flexibility index (Phi) is 3.29. The van der Waals surface area contributed by atoms with Gasteiger partial charge in [0.25, 0.3) is 0 Å². The maximum absolute atomic E-state index is 4.51. The third-order valence-corrected chi connectivity index (χ3v) is 3.78. The molecule has 0 spiro atoms. The van der Waals surface area contributed by atoms with E-state index in [9.17, 15) is 0 Å². The Labute approximate surface area is 113 Å². The molecule has 2 heterocycles. The lowest BCUT2D eigenvalue weighted by atomic mass is 10.1. The van der Waals surface area contributed by atoms with Crippen LogP contribution in [0.3, 0.4) is 0 Å². The van der Waals surface area contributed by atoms with Crippen molar-refractivity contribution in [2.75, 3.05) is 7.05 Å². The van der Waals surface area contributed by atoms with Gasteiger partial charge in [-0.1, -0.05) is 6.42 Å². The number of hydrogen-bond donors (Lipinski definition) is 1. The Bertz CT molecular complexity index is 558. The number of aryl methyl sites for hydroxylation is 1. The monoisotopic (exact) mass is 257 g/mol. The van der Waals surface area contributed by atoms with Crippen molar-refractivity contribution >= 4 is 0 Å². The maximum Gasteiger partial charge on any atom is 0.175 e. The van der Waals surface area contributed by atoms with Crippen molar-refractivity contribution in [1.29, 1.82) is 0 Å². The summed E-state index contributed by atoms with van der Waals surface area (Å²) in [5, 5.41) is 16.3. The second-order valence-electron chi connectivity index (χ2n) is 5.08. The van der Waals surface area contributed by atoms with Gasteiger partial charge in [-0.3, -0.25) is 0 Å². The maximum atomic E-state index is 4.51. The molecule has 5 heteroatoms. The van der Waals surface area contributed by atoms with E-state index in [-0.39, 0.29) is 0 Å². The SMILES string of the molecule is CNC1CCCCc2c1cnn2-c1ccc(C)nn1. The Morgan fingerprint density at radius 1 is 1.26 bits per heavy atom. The highest BCUT2D eigenvalue weighted by Crippen LogP contribution is 2.29. The molecule has 0 radical (unpaired) electrons. The fourth-order valence-electron chi connectivity index (χ4n) is 2.73. The summed E-state index contributed by atoms with van der Waals surface area (Å²) in [5.74, 6) is 0.809. The molecule has 1 aliphatic rings. The number of aromatic nitrogens is 4. The molecular weight excluding hydrogens is 238 g/mol. The lowest BCUT2D eigenvalue weighted by Gasteiger charge is -2.13. The quantitative estimate of drug-likeness (QED) is 0.836. The normalized spacial score (nSPS) is 18.9. The molecule has 1 atom stereocenters. The molecule has 5 nitrogen and oxygen atoms in total. The van der Waals surface area contributed by atoms with Crippen LogP contribution in [0.4, 0.5) is 0 Å². The first-order valence-corrected chi connectivity index (χ1v) is 6.84. The molecule has 1 N–H and O–H groups in total. The Hall–Kier alpha value is -1.75. The van der Waals surface area contributed by atoms with Gasteiger partial charge in [-0.15, -0.1) is 5.10 Å². The molecule has 3 rings (SSSR count). The Morgan fingerprint density at radius 2 is 2.16 bits per heavy atom. The van der Waals surface area contributed by atoms with Crippen molar-refractivity contribution in [3.8, 4) is 5.82 Å². The van der Waals surface area contributed by atoms with Crippen LogP contribution in [0, 0.1) is 6.92 Å². The van der Waals surface area contributed by atoms with Crippen molar-refractivity contribution in [3.63, 3.8) is 0 Å². The second kappa shape index (κ2) is 5.09. The van der Waals surface area contributed by atoms with E-state index in [0.29, 0.717) is 6.04 Å². The van der Waals surface area contributed by atoms with Crippen LogP contribution in [0.5, 0.6) is 0 Å². The third kappa shape index (κ3) is 2.26. The van der Waals surface area contributed by atoms with Crippen molar-refractivity contribution in [2.24, 2.45) is 0 Å². The molecule has 0 saturated heterocycles. The second-order valence-corrected chi connectivity index (χ2v) is 5.08. The molecule has 2 aromatic heterocycles. The van der Waals surface area contributed by atoms with Gasteiger partial charge in [0.2, 0.25) is 0 Å². The fourth-order valence-corrected chi connectivity index (χ4v) is 2.73. The average Bonchev–Trinajstić information content (AvgIpc) is 2.73. The van der Waals surface area contributed by atoms with E-state index in [1.807, 2.05) is 37.0 Å². The summed E-state index contributed by atoms with van der Waals surface area (Å²) in [6.07, 6.45) is 6.66. The summed E-state index contributed by atoms with van der Waals surface area (Å²) >= 11 is 0. The minimum atomic E-state index is 0.407. The van der Waals surface area contributed by atoms with Gasteiger partial charge in [-0.2, -0.15) is 10.2 Å². The minimum Gasteiger partial charge on any atom is -0.313 e. The van der Waals surface area contributed by atoms with E-state index in [1.165, 1.54) is 30.5 Å². The van der Waals surface area contributed by atoms with Crippen LogP contribution < -0.4 is 5.32 Å². The van der Waals surface area contributed by atoms with Crippen LogP contribution in [-0.2, 0) is 6.42 Å². The van der Waals surface area contributed by atoms with Gasteiger partial charge in [0, 0.05) is 11.6 Å². The summed E-state index contributed by atoms with van der Waals surface area (Å²) in [7, 11) is 2.02. The summed E-state index contributed by atoms with van der Waals surface area (Å²) in [4.78, 5) is 0. The first-order chi connectivity index (χ1) is 9.29. The van der Waals surface area contributed by atoms with Crippen molar-refractivity contribution in [1.82, 2.24) is 25.3 Å². The summed E-state index contributed by atoms with van der Waals surface area (Å²) < 4.78 is 1.94. The van der Waals surface area contributed by atoms with E-state index in [4.69, 9.17) is 0 Å². The zero-order valence-corrected chi connectivity index (χ0v) is 11.4. The lowest BCUT2D eigenvalue weighted by molar-refractivity contribution is 0.533. The highest BCUT2D eigenvalue weighted by atomic mass is 15.3. The van der Waals surface area contributed by atoms with E-state index in [0.717, 1.165) is 17.9 Å². The molecule has 0 fully saturated rings. The van der Waals surface area contributed by atoms with Crippen molar-refractivity contribution in [3.05, 3.63) is 35.3 Å². The van der Waals surface area contributed by atoms with Gasteiger partial charge in [0.05, 0.1) is 17.6 Å². The van der Waals surface area contributed by atoms with E-state index >= 15 is 0 Å². The molecule has 0 amide bonds. The number of rotatable bonds is 2. The summed E-state index contributed by atoms with van der Waals surface area (Å²) in [5.41, 5.74) is 3.51. The molecule has 0 bridgehead atoms. The molecule has 1 unspecified atom stereocenters. The zero-order chi connectivity index (χ0) is 13.2. The van der Waals surface area contributed by atoms with Crippen LogP contribution >= 0.6 is 0 Å². The molecule has 2 aromatic rings. The van der Waals surface area contributed by atoms with Gasteiger partial charge in [-0.05, 0) is 45.4 Å². The molecule has 0 saturated carbocycles. The Morgan fingerprint density at radius 3 is 2.89 bits per heavy atom. The van der Waals surface area contributed by atoms with Crippen LogP contribution in [0.1, 0.15) is 42.3 Å². The number of nitrogens with zero attached hydrogens (tertiary/aromatic N) is 4. The number of nitrogens with one attached hydrogen (secondary N) is 1. The topological polar surface area (TPSA) is 55.6 Å². The van der Waals surface area contributed by atoms with E-state index < -0.39 is 0 Å². The summed E-state index contributed by atoms with van der Waals surface area (Å²) in [6, 6.07) is 4.36. The lowest BCUT2D eigenvalue weighted by Crippen LogP contribution is -2.16. The summed E-state index contributed by atoms with van der Waals surface area (Å²) in [6.45, 7) is 1.94. The average molecular weight is 257 g/mol. The van der Waals surface area contributed by atoms with Crippen LogP contribution in [-0.4, -0.2) is 27.0 Å². The van der Waals surface area contributed by atoms with Crippen molar-refractivity contribution < 1.29 is 0 Å². The van der Waals surface area contributed by atoms with Gasteiger partial charge < -0.3 is 5.32 Å². The third-order valence-electron chi connectivity index (χ3n) is 3.78. The molecule has 1 aliphatic carbocycles. The van der Waals surface area contributed by atoms with Crippen LogP contribution in [0.15, 0.2) is 18.3 Å². The van der Waals surface area contributed by atoms with E-state index in [1.54, 1.807) is 0 Å². The standard InChI is InChI=1S/C14H19N5/c1-10-7-8-14(18-17-10)19-13-6-4-3-5-12(15-2)11(13)9-16-19/h7-9,12,15H,3-6H2,1-2H3. The minimum absolute atomic E-state index is 0.407. The first-order valence-electron chi connectivity index (χ1n) is 6.84. The predicted molar refractivity (Wildman–Crippen MR) is 73.2 cm³/mol. The molecule has 0 aromatic carbocycles. The van der Waals surface area contributed by atoms with Gasteiger partial charge in [0.15, 0.2) is 5.82 Å². The van der Waals surface area contributed by atoms with Gasteiger partial charge in [-0.25, -0.2) is 4.68 Å². The van der Waals surface area contributed by atoms with Crippen molar-refractivity contribution in [2.45, 2.75) is 38.6 Å². The van der Waals surface area contributed by atoms with Crippen LogP contribution in [0.25, 0.3) is 5.82 Å². The van der Waals surface area contributed by atoms with Crippen LogP contribution in [0.2, 0.25) is 0 Å². The van der Waals surface area contributed by atoms with E-state index in [2.05, 4.69) is 20.6 Å². The number of fused-ring (bicyclic) bond motifs is 1. The molecule has 19 heavy (non-hydrogen) atoms.